The van der Waals surface area contributed by atoms with Gasteiger partial charge in [0, 0.05) is 24.4 Å². The number of nitrogens with two attached hydrogens (primary N) is 1. The van der Waals surface area contributed by atoms with Crippen LogP contribution in [0.2, 0.25) is 0 Å². The molecule has 3 nitrogen and oxygen atoms in total. The summed E-state index contributed by atoms with van der Waals surface area (Å²) < 4.78 is 38.1. The third kappa shape index (κ3) is 3.48. The van der Waals surface area contributed by atoms with Crippen molar-refractivity contribution < 1.29 is 18.0 Å². The van der Waals surface area contributed by atoms with Gasteiger partial charge in [0.2, 0.25) is 0 Å². The van der Waals surface area contributed by atoms with Crippen molar-refractivity contribution in [2.45, 2.75) is 38.0 Å². The van der Waals surface area contributed by atoms with Gasteiger partial charge in [0.05, 0.1) is 0 Å². The molecule has 7 heteroatoms. The lowest BCUT2D eigenvalue weighted by molar-refractivity contribution is -0.193. The Morgan fingerprint density at radius 1 is 1.53 bits per heavy atom. The molecule has 1 aromatic heterocycles. The van der Waals surface area contributed by atoms with Gasteiger partial charge in [-0.3, -0.25) is 4.79 Å². The number of rotatable bonds is 4. The molecule has 0 aliphatic carbocycles. The van der Waals surface area contributed by atoms with Crippen molar-refractivity contribution in [1.29, 1.82) is 0 Å². The molecule has 0 bridgehead atoms. The fraction of sp³-hybridized carbons (Fsp3) is 0.583. The number of halogens is 3. The summed E-state index contributed by atoms with van der Waals surface area (Å²) in [5, 5.41) is 1.88. The first-order valence-electron chi connectivity index (χ1n) is 5.72. The van der Waals surface area contributed by atoms with E-state index in [0.29, 0.717) is 13.3 Å². The van der Waals surface area contributed by atoms with Crippen LogP contribution in [0.1, 0.15) is 18.7 Å². The predicted octanol–water partition coefficient (Wildman–Crippen LogP) is 2.42. The molecule has 1 aromatic rings. The SMILES string of the molecule is CC(Cc1cccs1)N(C)C(=O)C(C)(N)C(F)(F)F. The molecule has 2 unspecified atom stereocenters. The summed E-state index contributed by atoms with van der Waals surface area (Å²) in [5.74, 6) is -1.12. The Morgan fingerprint density at radius 2 is 2.11 bits per heavy atom. The van der Waals surface area contributed by atoms with Crippen LogP contribution in [0, 0.1) is 0 Å². The lowest BCUT2D eigenvalue weighted by Crippen LogP contribution is -2.62. The number of carbonyl (C=O) groups excluding carboxylic acids is 1. The van der Waals surface area contributed by atoms with Crippen molar-refractivity contribution >= 4 is 17.2 Å². The van der Waals surface area contributed by atoms with Crippen molar-refractivity contribution in [2.75, 3.05) is 7.05 Å². The summed E-state index contributed by atoms with van der Waals surface area (Å²) in [5.41, 5.74) is 2.28. The molecular weight excluding hydrogens is 277 g/mol. The monoisotopic (exact) mass is 294 g/mol. The lowest BCUT2D eigenvalue weighted by Gasteiger charge is -2.34. The van der Waals surface area contributed by atoms with Gasteiger partial charge in [-0.1, -0.05) is 6.07 Å². The summed E-state index contributed by atoms with van der Waals surface area (Å²) in [7, 11) is 1.34. The molecule has 0 aliphatic rings. The zero-order chi connectivity index (χ0) is 14.8. The largest absolute Gasteiger partial charge is 0.415 e. The van der Waals surface area contributed by atoms with E-state index < -0.39 is 17.6 Å². The molecule has 0 saturated carbocycles. The number of carbonyl (C=O) groups is 1. The second kappa shape index (κ2) is 5.50. The van der Waals surface area contributed by atoms with Crippen LogP contribution in [0.25, 0.3) is 0 Å². The second-order valence-corrected chi connectivity index (χ2v) is 5.78. The van der Waals surface area contributed by atoms with Gasteiger partial charge in [-0.25, -0.2) is 0 Å². The van der Waals surface area contributed by atoms with Gasteiger partial charge in [0.25, 0.3) is 5.91 Å². The number of amides is 1. The van der Waals surface area contributed by atoms with E-state index in [1.165, 1.54) is 18.4 Å². The Hall–Kier alpha value is -1.08. The highest BCUT2D eigenvalue weighted by molar-refractivity contribution is 7.09. The van der Waals surface area contributed by atoms with Gasteiger partial charge >= 0.3 is 6.18 Å². The quantitative estimate of drug-likeness (QED) is 0.927. The van der Waals surface area contributed by atoms with Crippen LogP contribution < -0.4 is 5.73 Å². The molecule has 0 spiro atoms. The first kappa shape index (κ1) is 16.0. The standard InChI is InChI=1S/C12H17F3N2OS/c1-8(7-9-5-4-6-19-9)17(3)10(18)11(2,16)12(13,14)15/h4-6,8H,7,16H2,1-3H3. The molecule has 19 heavy (non-hydrogen) atoms. The number of alkyl halides is 3. The highest BCUT2D eigenvalue weighted by Crippen LogP contribution is 2.30. The Bertz CT molecular complexity index is 429. The first-order valence-corrected chi connectivity index (χ1v) is 6.60. The summed E-state index contributed by atoms with van der Waals surface area (Å²) >= 11 is 1.50. The molecule has 1 amide bonds. The van der Waals surface area contributed by atoms with Crippen LogP contribution in [0.4, 0.5) is 13.2 Å². The molecule has 0 aliphatic heterocycles. The molecule has 2 atom stereocenters. The fourth-order valence-electron chi connectivity index (χ4n) is 1.54. The van der Waals surface area contributed by atoms with Crippen LogP contribution in [0.3, 0.4) is 0 Å². The molecular formula is C12H17F3N2OS. The van der Waals surface area contributed by atoms with E-state index >= 15 is 0 Å². The van der Waals surface area contributed by atoms with Crippen LogP contribution in [-0.2, 0) is 11.2 Å². The number of hydrogen-bond acceptors (Lipinski definition) is 3. The smallest absolute Gasteiger partial charge is 0.341 e. The third-order valence-corrected chi connectivity index (χ3v) is 3.99. The number of hydrogen-bond donors (Lipinski definition) is 1. The molecule has 1 heterocycles. The van der Waals surface area contributed by atoms with Crippen LogP contribution >= 0.6 is 11.3 Å². The van der Waals surface area contributed by atoms with E-state index in [1.807, 2.05) is 17.5 Å². The number of nitrogens with zero attached hydrogens (tertiary/aromatic N) is 1. The second-order valence-electron chi connectivity index (χ2n) is 4.75. The van der Waals surface area contributed by atoms with Gasteiger partial charge in [0.1, 0.15) is 0 Å². The number of likely N-dealkylation sites (N-methyl/N-ethyl adjacent to an activating group) is 1. The average Bonchev–Trinajstić information content (AvgIpc) is 2.78. The van der Waals surface area contributed by atoms with Crippen LogP contribution in [0.15, 0.2) is 17.5 Å². The van der Waals surface area contributed by atoms with E-state index in [9.17, 15) is 18.0 Å². The maximum absolute atomic E-state index is 12.7. The van der Waals surface area contributed by atoms with Crippen molar-refractivity contribution in [1.82, 2.24) is 4.90 Å². The third-order valence-electron chi connectivity index (χ3n) is 3.09. The Labute approximate surface area is 114 Å². The van der Waals surface area contributed by atoms with Gasteiger partial charge in [-0.15, -0.1) is 11.3 Å². The minimum Gasteiger partial charge on any atom is -0.341 e. The Kier molecular flexibility index (Phi) is 4.63. The summed E-state index contributed by atoms with van der Waals surface area (Å²) in [6, 6.07) is 3.39. The molecule has 0 aromatic carbocycles. The zero-order valence-corrected chi connectivity index (χ0v) is 11.8. The van der Waals surface area contributed by atoms with Crippen molar-refractivity contribution in [3.63, 3.8) is 0 Å². The molecule has 108 valence electrons. The van der Waals surface area contributed by atoms with E-state index in [1.54, 1.807) is 6.92 Å². The molecule has 1 rings (SSSR count). The Morgan fingerprint density at radius 3 is 2.53 bits per heavy atom. The van der Waals surface area contributed by atoms with Crippen LogP contribution in [0.5, 0.6) is 0 Å². The van der Waals surface area contributed by atoms with Crippen molar-refractivity contribution in [3.05, 3.63) is 22.4 Å². The number of thiophene rings is 1. The average molecular weight is 294 g/mol. The minimum atomic E-state index is -4.76. The molecule has 2 N–H and O–H groups in total. The van der Waals surface area contributed by atoms with E-state index in [4.69, 9.17) is 5.73 Å². The van der Waals surface area contributed by atoms with E-state index in [0.717, 1.165) is 9.78 Å². The lowest BCUT2D eigenvalue weighted by atomic mass is 10.00. The highest BCUT2D eigenvalue weighted by atomic mass is 32.1. The van der Waals surface area contributed by atoms with Crippen molar-refractivity contribution in [2.24, 2.45) is 5.73 Å². The maximum Gasteiger partial charge on any atom is 0.415 e. The highest BCUT2D eigenvalue weighted by Gasteiger charge is 2.55. The van der Waals surface area contributed by atoms with Crippen molar-refractivity contribution in [3.8, 4) is 0 Å². The van der Waals surface area contributed by atoms with Gasteiger partial charge in [-0.2, -0.15) is 13.2 Å². The topological polar surface area (TPSA) is 46.3 Å². The molecule has 0 fully saturated rings. The summed E-state index contributed by atoms with van der Waals surface area (Å²) in [4.78, 5) is 13.9. The maximum atomic E-state index is 12.7. The zero-order valence-electron chi connectivity index (χ0n) is 11.0. The fourth-order valence-corrected chi connectivity index (χ4v) is 2.37. The minimum absolute atomic E-state index is 0.351. The van der Waals surface area contributed by atoms with Crippen LogP contribution in [-0.4, -0.2) is 35.6 Å². The Balaban J connectivity index is 2.77. The predicted molar refractivity (Wildman–Crippen MR) is 68.9 cm³/mol. The molecule has 0 radical (unpaired) electrons. The molecule has 0 saturated heterocycles. The summed E-state index contributed by atoms with van der Waals surface area (Å²) in [6.07, 6.45) is -4.26. The van der Waals surface area contributed by atoms with E-state index in [2.05, 4.69) is 0 Å². The van der Waals surface area contributed by atoms with Gasteiger partial charge < -0.3 is 10.6 Å². The first-order chi connectivity index (χ1) is 8.57. The normalized spacial score (nSPS) is 16.8. The summed E-state index contributed by atoms with van der Waals surface area (Å²) in [6.45, 7) is 2.40. The van der Waals surface area contributed by atoms with E-state index in [-0.39, 0.29) is 6.04 Å². The van der Waals surface area contributed by atoms with Gasteiger partial charge in [-0.05, 0) is 25.3 Å². The van der Waals surface area contributed by atoms with Gasteiger partial charge in [0.15, 0.2) is 5.54 Å².